The van der Waals surface area contributed by atoms with E-state index in [2.05, 4.69) is 0 Å². The Bertz CT molecular complexity index is 169. The van der Waals surface area contributed by atoms with Crippen molar-refractivity contribution in [1.29, 1.82) is 0 Å². The van der Waals surface area contributed by atoms with Crippen molar-refractivity contribution in [1.82, 2.24) is 0 Å². The van der Waals surface area contributed by atoms with Gasteiger partial charge in [-0.3, -0.25) is 9.59 Å². The fraction of sp³-hybridized carbons (Fsp3) is 0.714. The third kappa shape index (κ3) is 5.35. The fourth-order valence-corrected chi connectivity index (χ4v) is 0.696. The molecule has 4 nitrogen and oxygen atoms in total. The zero-order chi connectivity index (χ0) is 9.02. The van der Waals surface area contributed by atoms with E-state index < -0.39 is 17.9 Å². The summed E-state index contributed by atoms with van der Waals surface area (Å²) in [5, 5.41) is 16.8. The maximum absolute atomic E-state index is 10.3. The minimum Gasteiger partial charge on any atom is -0.481 e. The first kappa shape index (κ1) is 14.2. The van der Waals surface area contributed by atoms with Gasteiger partial charge in [0.2, 0.25) is 0 Å². The summed E-state index contributed by atoms with van der Waals surface area (Å²) in [6.45, 7) is 3.13. The SMILES string of the molecule is CC(CC(=O)O)C(C)C(=O)O.[Ag]. The molecule has 0 rings (SSSR count). The molecule has 2 N–H and O–H groups in total. The van der Waals surface area contributed by atoms with E-state index in [-0.39, 0.29) is 34.7 Å². The number of hydrogen-bond donors (Lipinski definition) is 2. The van der Waals surface area contributed by atoms with Gasteiger partial charge in [0.15, 0.2) is 0 Å². The number of rotatable bonds is 4. The van der Waals surface area contributed by atoms with E-state index in [1.54, 1.807) is 6.92 Å². The number of aliphatic carboxylic acids is 2. The summed E-state index contributed by atoms with van der Waals surface area (Å²) >= 11 is 0. The Hall–Kier alpha value is -0.320. The van der Waals surface area contributed by atoms with Gasteiger partial charge in [0, 0.05) is 28.8 Å². The Labute approximate surface area is 86.5 Å². The molecular weight excluding hydrogens is 256 g/mol. The van der Waals surface area contributed by atoms with Crippen LogP contribution < -0.4 is 0 Å². The maximum Gasteiger partial charge on any atom is 0.306 e. The van der Waals surface area contributed by atoms with Crippen LogP contribution in [0.5, 0.6) is 0 Å². The van der Waals surface area contributed by atoms with Crippen molar-refractivity contribution in [2.45, 2.75) is 20.3 Å². The van der Waals surface area contributed by atoms with Crippen LogP contribution in [-0.2, 0) is 32.0 Å². The van der Waals surface area contributed by atoms with Gasteiger partial charge in [0.05, 0.1) is 5.92 Å². The van der Waals surface area contributed by atoms with Crippen molar-refractivity contribution in [3.63, 3.8) is 0 Å². The van der Waals surface area contributed by atoms with Crippen LogP contribution in [0.25, 0.3) is 0 Å². The second kappa shape index (κ2) is 6.22. The molecule has 0 saturated carbocycles. The molecule has 0 spiro atoms. The first-order valence-corrected chi connectivity index (χ1v) is 3.39. The smallest absolute Gasteiger partial charge is 0.306 e. The molecule has 2 atom stereocenters. The molecule has 0 aliphatic carbocycles. The maximum atomic E-state index is 10.3. The molecule has 0 aromatic rings. The molecule has 0 bridgehead atoms. The van der Waals surface area contributed by atoms with Crippen molar-refractivity contribution in [3.05, 3.63) is 0 Å². The van der Waals surface area contributed by atoms with Gasteiger partial charge in [-0.1, -0.05) is 13.8 Å². The Morgan fingerprint density at radius 3 is 1.92 bits per heavy atom. The Morgan fingerprint density at radius 1 is 1.25 bits per heavy atom. The van der Waals surface area contributed by atoms with Crippen molar-refractivity contribution >= 4 is 11.9 Å². The van der Waals surface area contributed by atoms with E-state index in [1.807, 2.05) is 0 Å². The van der Waals surface area contributed by atoms with Gasteiger partial charge in [-0.15, -0.1) is 0 Å². The van der Waals surface area contributed by atoms with Crippen molar-refractivity contribution in [3.8, 4) is 0 Å². The molecule has 0 aromatic heterocycles. The van der Waals surface area contributed by atoms with Crippen molar-refractivity contribution in [2.75, 3.05) is 0 Å². The van der Waals surface area contributed by atoms with Crippen LogP contribution in [0.2, 0.25) is 0 Å². The number of carboxylic acids is 2. The third-order valence-corrected chi connectivity index (χ3v) is 1.74. The Kier molecular flexibility index (Phi) is 7.37. The first-order valence-electron chi connectivity index (χ1n) is 3.39. The summed E-state index contributed by atoms with van der Waals surface area (Å²) in [6.07, 6.45) is -0.0898. The summed E-state index contributed by atoms with van der Waals surface area (Å²) in [7, 11) is 0. The van der Waals surface area contributed by atoms with Crippen molar-refractivity contribution < 1.29 is 42.2 Å². The van der Waals surface area contributed by atoms with E-state index in [0.29, 0.717) is 0 Å². The van der Waals surface area contributed by atoms with Gasteiger partial charge in [-0.25, -0.2) is 0 Å². The number of hydrogen-bond acceptors (Lipinski definition) is 2. The average Bonchev–Trinajstić information content (AvgIpc) is 1.84. The third-order valence-electron chi connectivity index (χ3n) is 1.74. The molecular formula is C7H12AgO4. The molecule has 0 aliphatic rings. The zero-order valence-electron chi connectivity index (χ0n) is 6.87. The van der Waals surface area contributed by atoms with E-state index in [0.717, 1.165) is 0 Å². The molecule has 0 amide bonds. The van der Waals surface area contributed by atoms with Gasteiger partial charge in [0.1, 0.15) is 0 Å². The fourth-order valence-electron chi connectivity index (χ4n) is 0.696. The standard InChI is InChI=1S/C7H12O4.Ag/c1-4(3-6(8)9)5(2)7(10)11;/h4-5H,3H2,1-2H3,(H,8,9)(H,10,11);. The summed E-state index contributed by atoms with van der Waals surface area (Å²) in [4.78, 5) is 20.5. The topological polar surface area (TPSA) is 74.6 Å². The van der Waals surface area contributed by atoms with Gasteiger partial charge in [0.25, 0.3) is 0 Å². The first-order chi connectivity index (χ1) is 4.95. The van der Waals surface area contributed by atoms with Gasteiger partial charge in [-0.05, 0) is 5.92 Å². The minimum atomic E-state index is -0.953. The van der Waals surface area contributed by atoms with Crippen LogP contribution in [0.3, 0.4) is 0 Å². The normalized spacial score (nSPS) is 14.2. The molecule has 1 radical (unpaired) electrons. The molecule has 75 valence electrons. The number of carboxylic acid groups (broad SMARTS) is 2. The summed E-state index contributed by atoms with van der Waals surface area (Å²) < 4.78 is 0. The summed E-state index contributed by atoms with van der Waals surface area (Å²) in [6, 6.07) is 0. The minimum absolute atomic E-state index is 0. The van der Waals surface area contributed by atoms with Crippen LogP contribution in [0.4, 0.5) is 0 Å². The Balaban J connectivity index is 0. The van der Waals surface area contributed by atoms with Gasteiger partial charge in [-0.2, -0.15) is 0 Å². The Morgan fingerprint density at radius 2 is 1.67 bits per heavy atom. The predicted octanol–water partition coefficient (Wildman–Crippen LogP) is 0.815. The van der Waals surface area contributed by atoms with E-state index in [1.165, 1.54) is 6.92 Å². The quantitative estimate of drug-likeness (QED) is 0.740. The molecule has 0 aliphatic heterocycles. The van der Waals surface area contributed by atoms with Gasteiger partial charge < -0.3 is 10.2 Å². The molecule has 2 unspecified atom stereocenters. The van der Waals surface area contributed by atoms with Gasteiger partial charge >= 0.3 is 11.9 Å². The molecule has 0 saturated heterocycles. The summed E-state index contributed by atoms with van der Waals surface area (Å²) in [5.74, 6) is -2.81. The van der Waals surface area contributed by atoms with Crippen LogP contribution in [0.1, 0.15) is 20.3 Å². The van der Waals surface area contributed by atoms with E-state index in [4.69, 9.17) is 10.2 Å². The van der Waals surface area contributed by atoms with Crippen molar-refractivity contribution in [2.24, 2.45) is 11.8 Å². The molecule has 12 heavy (non-hydrogen) atoms. The summed E-state index contributed by atoms with van der Waals surface area (Å²) in [5.41, 5.74) is 0. The van der Waals surface area contributed by atoms with Crippen LogP contribution in [0, 0.1) is 11.8 Å². The van der Waals surface area contributed by atoms with Crippen LogP contribution in [0.15, 0.2) is 0 Å². The number of carbonyl (C=O) groups is 2. The molecule has 5 heteroatoms. The predicted molar refractivity (Wildman–Crippen MR) is 38.2 cm³/mol. The monoisotopic (exact) mass is 267 g/mol. The zero-order valence-corrected chi connectivity index (χ0v) is 8.36. The van der Waals surface area contributed by atoms with E-state index >= 15 is 0 Å². The average molecular weight is 268 g/mol. The second-order valence-electron chi connectivity index (χ2n) is 2.70. The van der Waals surface area contributed by atoms with Crippen LogP contribution in [-0.4, -0.2) is 22.2 Å². The molecule has 0 aromatic carbocycles. The largest absolute Gasteiger partial charge is 0.481 e. The molecule has 0 fully saturated rings. The second-order valence-corrected chi connectivity index (χ2v) is 2.70. The molecule has 0 heterocycles. The van der Waals surface area contributed by atoms with Crippen LogP contribution >= 0.6 is 0 Å². The van der Waals surface area contributed by atoms with E-state index in [9.17, 15) is 9.59 Å².